The number of nitrogens with one attached hydrogen (secondary N) is 2. The largest absolute Gasteiger partial charge is 0.491 e. The Morgan fingerprint density at radius 2 is 1.97 bits per heavy atom. The highest BCUT2D eigenvalue weighted by Gasteiger charge is 2.33. The van der Waals surface area contributed by atoms with Crippen LogP contribution < -0.4 is 10.1 Å². The standard InChI is InChI=1S/C27H25ClF3N5O3/c28-21-4-1-3-19(15-21)5-8-25(38)33-22-16-20(26-32-17-24(34-26)27(29,30)31)6-7-23(22)39-14-2-9-35-10-12-36(18-37)13-11-35/h1,3-4,6-7,15-18H,2,9-14H2,(H,32,34)(H,33,38). The van der Waals surface area contributed by atoms with Crippen LogP contribution in [0.3, 0.4) is 0 Å². The van der Waals surface area contributed by atoms with Crippen molar-refractivity contribution in [3.8, 4) is 29.0 Å². The van der Waals surface area contributed by atoms with Crippen LogP contribution in [0.25, 0.3) is 11.4 Å². The summed E-state index contributed by atoms with van der Waals surface area (Å²) in [7, 11) is 0. The molecule has 2 N–H and O–H groups in total. The van der Waals surface area contributed by atoms with Gasteiger partial charge in [-0.15, -0.1) is 0 Å². The first-order valence-corrected chi connectivity index (χ1v) is 12.5. The highest BCUT2D eigenvalue weighted by molar-refractivity contribution is 6.30. The SMILES string of the molecule is O=CN1CCN(CCCOc2ccc(-c3ncc(C(F)(F)F)[nH]3)cc2NC(=O)C#Cc2cccc(Cl)c2)CC1. The van der Waals surface area contributed by atoms with Gasteiger partial charge in [-0.1, -0.05) is 23.6 Å². The van der Waals surface area contributed by atoms with Crippen LogP contribution in [0.15, 0.2) is 48.7 Å². The lowest BCUT2D eigenvalue weighted by atomic mass is 10.1. The Kier molecular flexibility index (Phi) is 9.11. The van der Waals surface area contributed by atoms with Gasteiger partial charge < -0.3 is 19.9 Å². The van der Waals surface area contributed by atoms with E-state index in [1.165, 1.54) is 6.07 Å². The first-order valence-electron chi connectivity index (χ1n) is 12.1. The van der Waals surface area contributed by atoms with Gasteiger partial charge in [0.05, 0.1) is 18.5 Å². The predicted molar refractivity (Wildman–Crippen MR) is 140 cm³/mol. The van der Waals surface area contributed by atoms with Gasteiger partial charge in [0.25, 0.3) is 0 Å². The number of piperazine rings is 1. The monoisotopic (exact) mass is 559 g/mol. The predicted octanol–water partition coefficient (Wildman–Crippen LogP) is 4.28. The van der Waals surface area contributed by atoms with Crippen LogP contribution in [-0.2, 0) is 15.8 Å². The summed E-state index contributed by atoms with van der Waals surface area (Å²) in [5.41, 5.74) is 0.128. The van der Waals surface area contributed by atoms with E-state index < -0.39 is 17.8 Å². The van der Waals surface area contributed by atoms with E-state index in [1.54, 1.807) is 41.3 Å². The lowest BCUT2D eigenvalue weighted by Crippen LogP contribution is -2.46. The molecular formula is C27H25ClF3N5O3. The van der Waals surface area contributed by atoms with Gasteiger partial charge in [0, 0.05) is 54.8 Å². The maximum absolute atomic E-state index is 13.0. The van der Waals surface area contributed by atoms with Gasteiger partial charge in [-0.2, -0.15) is 13.2 Å². The lowest BCUT2D eigenvalue weighted by Gasteiger charge is -2.32. The minimum absolute atomic E-state index is 0.0103. The van der Waals surface area contributed by atoms with Crippen molar-refractivity contribution in [1.29, 1.82) is 0 Å². The van der Waals surface area contributed by atoms with E-state index in [0.29, 0.717) is 54.2 Å². The van der Waals surface area contributed by atoms with Crippen molar-refractivity contribution in [2.45, 2.75) is 12.6 Å². The second kappa shape index (κ2) is 12.7. The molecule has 0 saturated carbocycles. The van der Waals surface area contributed by atoms with E-state index in [4.69, 9.17) is 16.3 Å². The van der Waals surface area contributed by atoms with Crippen molar-refractivity contribution in [3.63, 3.8) is 0 Å². The van der Waals surface area contributed by atoms with E-state index in [9.17, 15) is 22.8 Å². The molecule has 4 rings (SSSR count). The van der Waals surface area contributed by atoms with Crippen LogP contribution >= 0.6 is 11.6 Å². The van der Waals surface area contributed by atoms with Gasteiger partial charge >= 0.3 is 12.1 Å². The highest BCUT2D eigenvalue weighted by atomic mass is 35.5. The zero-order valence-corrected chi connectivity index (χ0v) is 21.5. The van der Waals surface area contributed by atoms with Crippen LogP contribution in [0.5, 0.6) is 5.75 Å². The minimum Gasteiger partial charge on any atom is -0.491 e. The summed E-state index contributed by atoms with van der Waals surface area (Å²) in [6, 6.07) is 11.3. The minimum atomic E-state index is -4.57. The highest BCUT2D eigenvalue weighted by Crippen LogP contribution is 2.33. The van der Waals surface area contributed by atoms with Crippen LogP contribution in [0.4, 0.5) is 18.9 Å². The van der Waals surface area contributed by atoms with Crippen molar-refractivity contribution in [3.05, 3.63) is 64.9 Å². The van der Waals surface area contributed by atoms with Crippen molar-refractivity contribution >= 4 is 29.6 Å². The number of alkyl halides is 3. The Balaban J connectivity index is 1.46. The zero-order valence-electron chi connectivity index (χ0n) is 20.7. The van der Waals surface area contributed by atoms with Gasteiger partial charge in [0.2, 0.25) is 6.41 Å². The van der Waals surface area contributed by atoms with Crippen LogP contribution in [0.2, 0.25) is 5.02 Å². The first kappa shape index (κ1) is 28.0. The number of H-pyrrole nitrogens is 1. The molecule has 1 aliphatic rings. The molecule has 0 atom stereocenters. The second-order valence-corrected chi connectivity index (χ2v) is 9.19. The Hall–Kier alpha value is -4.01. The lowest BCUT2D eigenvalue weighted by molar-refractivity contribution is -0.140. The summed E-state index contributed by atoms with van der Waals surface area (Å²) >= 11 is 5.96. The van der Waals surface area contributed by atoms with Crippen LogP contribution in [-0.4, -0.2) is 71.4 Å². The molecule has 0 radical (unpaired) electrons. The molecule has 8 nitrogen and oxygen atoms in total. The van der Waals surface area contributed by atoms with Gasteiger partial charge in [0.15, 0.2) is 0 Å². The molecule has 1 fully saturated rings. The van der Waals surface area contributed by atoms with Crippen molar-refractivity contribution in [2.75, 3.05) is 44.6 Å². The van der Waals surface area contributed by atoms with E-state index in [2.05, 4.69) is 32.0 Å². The number of anilines is 1. The topological polar surface area (TPSA) is 90.6 Å². The Morgan fingerprint density at radius 3 is 2.67 bits per heavy atom. The molecule has 12 heteroatoms. The number of carbonyl (C=O) groups excluding carboxylic acids is 2. The summed E-state index contributed by atoms with van der Waals surface area (Å²) < 4.78 is 45.0. The molecule has 0 spiro atoms. The molecule has 1 saturated heterocycles. The Labute approximate surface area is 228 Å². The molecule has 0 unspecified atom stereocenters. The Morgan fingerprint density at radius 1 is 1.18 bits per heavy atom. The summed E-state index contributed by atoms with van der Waals surface area (Å²) in [4.78, 5) is 33.5. The average Bonchev–Trinajstić information content (AvgIpc) is 3.42. The van der Waals surface area contributed by atoms with E-state index in [0.717, 1.165) is 26.0 Å². The third-order valence-electron chi connectivity index (χ3n) is 5.96. The third kappa shape index (κ3) is 7.99. The summed E-state index contributed by atoms with van der Waals surface area (Å²) in [5.74, 6) is 4.90. The molecular weight excluding hydrogens is 535 g/mol. The van der Waals surface area contributed by atoms with Gasteiger partial charge in [-0.25, -0.2) is 4.98 Å². The van der Waals surface area contributed by atoms with Gasteiger partial charge in [-0.3, -0.25) is 14.5 Å². The fraction of sp³-hybridized carbons (Fsp3) is 0.296. The van der Waals surface area contributed by atoms with Gasteiger partial charge in [-0.05, 0) is 42.8 Å². The smallest absolute Gasteiger partial charge is 0.432 e. The summed E-state index contributed by atoms with van der Waals surface area (Å²) in [6.45, 7) is 4.03. The second-order valence-electron chi connectivity index (χ2n) is 8.75. The summed E-state index contributed by atoms with van der Waals surface area (Å²) in [6.07, 6.45) is -2.31. The van der Waals surface area contributed by atoms with Crippen LogP contribution in [0, 0.1) is 11.8 Å². The van der Waals surface area contributed by atoms with Crippen LogP contribution in [0.1, 0.15) is 17.7 Å². The number of amides is 2. The molecule has 204 valence electrons. The molecule has 1 aromatic heterocycles. The average molecular weight is 560 g/mol. The van der Waals surface area contributed by atoms with Gasteiger partial charge in [0.1, 0.15) is 17.3 Å². The third-order valence-corrected chi connectivity index (χ3v) is 6.19. The number of rotatable bonds is 8. The number of hydrogen-bond donors (Lipinski definition) is 2. The van der Waals surface area contributed by atoms with Crippen molar-refractivity contribution in [2.24, 2.45) is 0 Å². The zero-order chi connectivity index (χ0) is 27.8. The van der Waals surface area contributed by atoms with Crippen molar-refractivity contribution in [1.82, 2.24) is 19.8 Å². The molecule has 0 aliphatic carbocycles. The fourth-order valence-electron chi connectivity index (χ4n) is 3.92. The summed E-state index contributed by atoms with van der Waals surface area (Å²) in [5, 5.41) is 3.14. The molecule has 2 amide bonds. The molecule has 39 heavy (non-hydrogen) atoms. The Bertz CT molecular complexity index is 1370. The number of ether oxygens (including phenoxy) is 1. The quantitative estimate of drug-likeness (QED) is 0.244. The molecule has 1 aliphatic heterocycles. The van der Waals surface area contributed by atoms with E-state index >= 15 is 0 Å². The number of imidazole rings is 1. The maximum Gasteiger partial charge on any atom is 0.432 e. The molecule has 2 heterocycles. The number of hydrogen-bond acceptors (Lipinski definition) is 5. The number of carbonyl (C=O) groups is 2. The number of aromatic nitrogens is 2. The molecule has 3 aromatic rings. The number of halogens is 4. The number of nitrogens with zero attached hydrogens (tertiary/aromatic N) is 3. The normalized spacial score (nSPS) is 13.9. The molecule has 2 aromatic carbocycles. The number of aromatic amines is 1. The van der Waals surface area contributed by atoms with E-state index in [1.807, 2.05) is 0 Å². The van der Waals surface area contributed by atoms with Crippen molar-refractivity contribution < 1.29 is 27.5 Å². The molecule has 0 bridgehead atoms. The van der Waals surface area contributed by atoms with E-state index in [-0.39, 0.29) is 11.5 Å². The fourth-order valence-corrected chi connectivity index (χ4v) is 4.11. The number of benzene rings is 2. The first-order chi connectivity index (χ1) is 18.7. The maximum atomic E-state index is 13.0.